The number of thiophene rings is 1. The van der Waals surface area contributed by atoms with E-state index < -0.39 is 0 Å². The summed E-state index contributed by atoms with van der Waals surface area (Å²) in [7, 11) is 0. The standard InChI is InChI=1S/C11H12BrN3OS2/c1-7(10-13-4-5-17-10)15-11(16)14-6-8-2-3-9(12)18-8/h2-5,7H,6H2,1H3,(H2,14,15,16)/t7-/m0/s1. The van der Waals surface area contributed by atoms with Gasteiger partial charge in [-0.05, 0) is 35.0 Å². The zero-order valence-corrected chi connectivity index (χ0v) is 12.9. The molecule has 2 aromatic heterocycles. The molecule has 0 aliphatic carbocycles. The lowest BCUT2D eigenvalue weighted by molar-refractivity contribution is 0.237. The number of thiazole rings is 1. The van der Waals surface area contributed by atoms with E-state index in [1.54, 1.807) is 17.5 Å². The highest BCUT2D eigenvalue weighted by molar-refractivity contribution is 9.11. The Hall–Kier alpha value is -0.920. The molecule has 1 atom stereocenters. The largest absolute Gasteiger partial charge is 0.333 e. The van der Waals surface area contributed by atoms with E-state index in [4.69, 9.17) is 0 Å². The summed E-state index contributed by atoms with van der Waals surface area (Å²) in [6, 6.07) is 3.71. The van der Waals surface area contributed by atoms with Crippen molar-refractivity contribution in [1.29, 1.82) is 0 Å². The Bertz CT molecular complexity index is 512. The van der Waals surface area contributed by atoms with E-state index >= 15 is 0 Å². The number of rotatable bonds is 4. The number of carbonyl (C=O) groups excluding carboxylic acids is 1. The lowest BCUT2D eigenvalue weighted by Crippen LogP contribution is -2.36. The summed E-state index contributed by atoms with van der Waals surface area (Å²) < 4.78 is 1.07. The van der Waals surface area contributed by atoms with Gasteiger partial charge in [0.2, 0.25) is 0 Å². The number of nitrogens with one attached hydrogen (secondary N) is 2. The molecule has 2 amide bonds. The summed E-state index contributed by atoms with van der Waals surface area (Å²) in [5.41, 5.74) is 0. The molecule has 0 saturated carbocycles. The van der Waals surface area contributed by atoms with Crippen LogP contribution in [0.15, 0.2) is 27.5 Å². The summed E-state index contributed by atoms with van der Waals surface area (Å²) in [4.78, 5) is 16.9. The van der Waals surface area contributed by atoms with E-state index in [2.05, 4.69) is 31.5 Å². The molecule has 4 nitrogen and oxygen atoms in total. The predicted molar refractivity (Wildman–Crippen MR) is 77.9 cm³/mol. The van der Waals surface area contributed by atoms with Gasteiger partial charge >= 0.3 is 6.03 Å². The Morgan fingerprint density at radius 2 is 2.39 bits per heavy atom. The summed E-state index contributed by atoms with van der Waals surface area (Å²) in [5, 5.41) is 8.48. The molecule has 0 aliphatic rings. The summed E-state index contributed by atoms with van der Waals surface area (Å²) in [6.07, 6.45) is 1.74. The Morgan fingerprint density at radius 3 is 3.00 bits per heavy atom. The van der Waals surface area contributed by atoms with E-state index in [9.17, 15) is 4.79 Å². The highest BCUT2D eigenvalue weighted by Gasteiger charge is 2.11. The molecule has 18 heavy (non-hydrogen) atoms. The smallest absolute Gasteiger partial charge is 0.315 e. The van der Waals surface area contributed by atoms with Gasteiger partial charge in [-0.25, -0.2) is 9.78 Å². The molecule has 0 saturated heterocycles. The second kappa shape index (κ2) is 6.31. The van der Waals surface area contributed by atoms with Crippen molar-refractivity contribution in [3.8, 4) is 0 Å². The normalized spacial score (nSPS) is 12.1. The fraction of sp³-hybridized carbons (Fsp3) is 0.273. The van der Waals surface area contributed by atoms with Crippen molar-refractivity contribution in [2.24, 2.45) is 0 Å². The minimum absolute atomic E-state index is 0.0694. The van der Waals surface area contributed by atoms with E-state index in [0.717, 1.165) is 13.7 Å². The minimum Gasteiger partial charge on any atom is -0.333 e. The molecule has 0 unspecified atom stereocenters. The summed E-state index contributed by atoms with van der Waals surface area (Å²) in [5.74, 6) is 0. The number of halogens is 1. The van der Waals surface area contributed by atoms with Crippen LogP contribution >= 0.6 is 38.6 Å². The average molecular weight is 346 g/mol. The molecule has 0 radical (unpaired) electrons. The molecule has 2 rings (SSSR count). The van der Waals surface area contributed by atoms with Gasteiger partial charge in [-0.3, -0.25) is 0 Å². The van der Waals surface area contributed by atoms with Gasteiger partial charge in [-0.2, -0.15) is 0 Å². The van der Waals surface area contributed by atoms with Crippen molar-refractivity contribution in [1.82, 2.24) is 15.6 Å². The van der Waals surface area contributed by atoms with Crippen molar-refractivity contribution in [2.45, 2.75) is 19.5 Å². The summed E-state index contributed by atoms with van der Waals surface area (Å²) >= 11 is 6.53. The molecular weight excluding hydrogens is 334 g/mol. The zero-order chi connectivity index (χ0) is 13.0. The van der Waals surface area contributed by atoms with Crippen molar-refractivity contribution >= 4 is 44.6 Å². The second-order valence-electron chi connectivity index (χ2n) is 3.62. The van der Waals surface area contributed by atoms with Crippen LogP contribution in [0.1, 0.15) is 22.9 Å². The maximum Gasteiger partial charge on any atom is 0.315 e. The van der Waals surface area contributed by atoms with Gasteiger partial charge in [0.05, 0.1) is 16.4 Å². The third kappa shape index (κ3) is 3.79. The number of hydrogen-bond acceptors (Lipinski definition) is 4. The van der Waals surface area contributed by atoms with Gasteiger partial charge in [-0.15, -0.1) is 22.7 Å². The van der Waals surface area contributed by atoms with Gasteiger partial charge in [0, 0.05) is 16.5 Å². The van der Waals surface area contributed by atoms with Crippen LogP contribution in [0.4, 0.5) is 4.79 Å². The Balaban J connectivity index is 1.78. The monoisotopic (exact) mass is 345 g/mol. The van der Waals surface area contributed by atoms with Crippen LogP contribution in [-0.2, 0) is 6.54 Å². The third-order valence-corrected chi connectivity index (χ3v) is 4.80. The lowest BCUT2D eigenvalue weighted by atomic mass is 10.3. The minimum atomic E-state index is -0.178. The number of nitrogens with zero attached hydrogens (tertiary/aromatic N) is 1. The number of carbonyl (C=O) groups is 1. The highest BCUT2D eigenvalue weighted by atomic mass is 79.9. The molecule has 2 heterocycles. The molecule has 2 aromatic rings. The van der Waals surface area contributed by atoms with E-state index in [1.807, 2.05) is 24.4 Å². The van der Waals surface area contributed by atoms with Gasteiger partial charge < -0.3 is 10.6 Å². The van der Waals surface area contributed by atoms with Gasteiger partial charge in [0.1, 0.15) is 5.01 Å². The summed E-state index contributed by atoms with van der Waals surface area (Å²) in [6.45, 7) is 2.45. The molecule has 0 aromatic carbocycles. The second-order valence-corrected chi connectivity index (χ2v) is 7.10. The molecule has 0 spiro atoms. The molecule has 0 fully saturated rings. The molecule has 2 N–H and O–H groups in total. The quantitative estimate of drug-likeness (QED) is 0.890. The zero-order valence-electron chi connectivity index (χ0n) is 9.64. The van der Waals surface area contributed by atoms with Crippen molar-refractivity contribution in [3.63, 3.8) is 0 Å². The first kappa shape index (κ1) is 13.5. The van der Waals surface area contributed by atoms with Crippen molar-refractivity contribution in [2.75, 3.05) is 0 Å². The molecular formula is C11H12BrN3OS2. The number of amides is 2. The average Bonchev–Trinajstić information content (AvgIpc) is 2.97. The number of urea groups is 1. The van der Waals surface area contributed by atoms with Gasteiger partial charge in [0.15, 0.2) is 0 Å². The first-order valence-electron chi connectivity index (χ1n) is 5.33. The van der Waals surface area contributed by atoms with Crippen LogP contribution in [0.2, 0.25) is 0 Å². The Labute approximate surface area is 122 Å². The fourth-order valence-corrected chi connectivity index (χ4v) is 3.44. The van der Waals surface area contributed by atoms with E-state index in [1.165, 1.54) is 11.3 Å². The van der Waals surface area contributed by atoms with Crippen LogP contribution < -0.4 is 10.6 Å². The maximum atomic E-state index is 11.7. The van der Waals surface area contributed by atoms with Crippen LogP contribution in [0.5, 0.6) is 0 Å². The van der Waals surface area contributed by atoms with Gasteiger partial charge in [0.25, 0.3) is 0 Å². The molecule has 0 bridgehead atoms. The molecule has 96 valence electrons. The van der Waals surface area contributed by atoms with E-state index in [0.29, 0.717) is 6.54 Å². The van der Waals surface area contributed by atoms with E-state index in [-0.39, 0.29) is 12.1 Å². The first-order valence-corrected chi connectivity index (χ1v) is 7.82. The predicted octanol–water partition coefficient (Wildman–Crippen LogP) is 3.53. The maximum absolute atomic E-state index is 11.7. The first-order chi connectivity index (χ1) is 8.65. The molecule has 7 heteroatoms. The van der Waals surface area contributed by atoms with Crippen LogP contribution in [0.3, 0.4) is 0 Å². The van der Waals surface area contributed by atoms with Crippen LogP contribution in [-0.4, -0.2) is 11.0 Å². The highest BCUT2D eigenvalue weighted by Crippen LogP contribution is 2.21. The Morgan fingerprint density at radius 1 is 1.56 bits per heavy atom. The van der Waals surface area contributed by atoms with Crippen LogP contribution in [0, 0.1) is 0 Å². The lowest BCUT2D eigenvalue weighted by Gasteiger charge is -2.11. The van der Waals surface area contributed by atoms with Crippen molar-refractivity contribution in [3.05, 3.63) is 37.4 Å². The SMILES string of the molecule is C[C@H](NC(=O)NCc1ccc(Br)s1)c1nccs1. The fourth-order valence-electron chi connectivity index (χ4n) is 1.37. The number of aromatic nitrogens is 1. The number of hydrogen-bond donors (Lipinski definition) is 2. The topological polar surface area (TPSA) is 54.0 Å². The Kier molecular flexibility index (Phi) is 4.73. The van der Waals surface area contributed by atoms with Crippen LogP contribution in [0.25, 0.3) is 0 Å². The van der Waals surface area contributed by atoms with Crippen molar-refractivity contribution < 1.29 is 4.79 Å². The van der Waals surface area contributed by atoms with Gasteiger partial charge in [-0.1, -0.05) is 0 Å². The third-order valence-electron chi connectivity index (χ3n) is 2.22. The molecule has 0 aliphatic heterocycles.